The minimum Gasteiger partial charge on any atom is -0.463 e. The van der Waals surface area contributed by atoms with E-state index >= 15 is 0 Å². The second kappa shape index (κ2) is 4.17. The maximum Gasteiger partial charge on any atom is 0.436 e. The average Bonchev–Trinajstić information content (AvgIpc) is 2.16. The number of nitrogens with one attached hydrogen (secondary N) is 1. The predicted octanol–water partition coefficient (Wildman–Crippen LogP) is 2.26. The Morgan fingerprint density at radius 1 is 1.57 bits per heavy atom. The molecule has 0 saturated heterocycles. The topological polar surface area (TPSA) is 72.8 Å². The summed E-state index contributed by atoms with van der Waals surface area (Å²) in [5.41, 5.74) is 0.760. The van der Waals surface area contributed by atoms with Gasteiger partial charge >= 0.3 is 6.09 Å². The largest absolute Gasteiger partial charge is 0.463 e. The van der Waals surface area contributed by atoms with E-state index in [4.69, 9.17) is 21.9 Å². The first-order chi connectivity index (χ1) is 6.56. The number of nitrogens with zero attached hydrogens (tertiary/aromatic N) is 1. The maximum atomic E-state index is 10.4. The molecule has 0 aliphatic rings. The second-order valence-corrected chi connectivity index (χ2v) is 2.92. The minimum atomic E-state index is -1.46. The molecule has 14 heavy (non-hydrogen) atoms. The van der Waals surface area contributed by atoms with Crippen LogP contribution in [0, 0.1) is 0 Å². The molecule has 3 N–H and O–H groups in total. The molecule has 0 aromatic heterocycles. The summed E-state index contributed by atoms with van der Waals surface area (Å²) in [7, 11) is 1.69. The average molecular weight is 217 g/mol. The smallest absolute Gasteiger partial charge is 0.436 e. The molecule has 5 nitrogen and oxygen atoms in total. The zero-order valence-corrected chi connectivity index (χ0v) is 8.12. The van der Waals surface area contributed by atoms with Crippen molar-refractivity contribution in [1.29, 1.82) is 0 Å². The molecular weight excluding hydrogens is 208 g/mol. The van der Waals surface area contributed by atoms with Gasteiger partial charge in [0.2, 0.25) is 0 Å². The first-order valence-corrected chi connectivity index (χ1v) is 4.13. The van der Waals surface area contributed by atoms with Gasteiger partial charge in [-0.1, -0.05) is 11.6 Å². The highest BCUT2D eigenvalue weighted by molar-refractivity contribution is 6.33. The third kappa shape index (κ3) is 2.07. The van der Waals surface area contributed by atoms with Crippen LogP contribution in [0.2, 0.25) is 5.02 Å². The summed E-state index contributed by atoms with van der Waals surface area (Å²) in [5.74, 6) is 0. The lowest BCUT2D eigenvalue weighted by atomic mass is 10.3. The highest BCUT2D eigenvalue weighted by Gasteiger charge is 2.12. The first kappa shape index (κ1) is 10.6. The van der Waals surface area contributed by atoms with Crippen LogP contribution >= 0.6 is 11.6 Å². The maximum absolute atomic E-state index is 10.4. The van der Waals surface area contributed by atoms with Crippen molar-refractivity contribution in [2.24, 2.45) is 0 Å². The van der Waals surface area contributed by atoms with E-state index in [1.54, 1.807) is 13.1 Å². The van der Waals surface area contributed by atoms with E-state index in [1.165, 1.54) is 12.1 Å². The van der Waals surface area contributed by atoms with Crippen molar-refractivity contribution in [2.45, 2.75) is 0 Å². The molecule has 0 bridgehead atoms. The number of benzene rings is 1. The van der Waals surface area contributed by atoms with Gasteiger partial charge in [0.1, 0.15) is 0 Å². The van der Waals surface area contributed by atoms with E-state index in [0.717, 1.165) is 0 Å². The predicted molar refractivity (Wildman–Crippen MR) is 53.3 cm³/mol. The molecule has 1 aromatic carbocycles. The number of hydroxylamine groups is 1. The van der Waals surface area contributed by atoms with Crippen LogP contribution in [0.15, 0.2) is 18.2 Å². The molecule has 1 amide bonds. The minimum absolute atomic E-state index is 0.0986. The summed E-state index contributed by atoms with van der Waals surface area (Å²) in [6.45, 7) is 0. The summed E-state index contributed by atoms with van der Waals surface area (Å²) < 4.78 is 0. The van der Waals surface area contributed by atoms with Crippen molar-refractivity contribution in [2.75, 3.05) is 17.4 Å². The fourth-order valence-electron chi connectivity index (χ4n) is 0.949. The van der Waals surface area contributed by atoms with Gasteiger partial charge in [-0.2, -0.15) is 5.06 Å². The van der Waals surface area contributed by atoms with Crippen molar-refractivity contribution >= 4 is 29.1 Å². The Kier molecular flexibility index (Phi) is 3.16. The number of rotatable bonds is 2. The summed E-state index contributed by atoms with van der Waals surface area (Å²) in [6, 6.07) is 4.36. The molecule has 0 fully saturated rings. The number of carboxylic acid groups (broad SMARTS) is 1. The Hall–Kier alpha value is -1.46. The van der Waals surface area contributed by atoms with Crippen molar-refractivity contribution in [1.82, 2.24) is 0 Å². The third-order valence-electron chi connectivity index (χ3n) is 1.65. The first-order valence-electron chi connectivity index (χ1n) is 3.75. The molecule has 0 radical (unpaired) electrons. The third-order valence-corrected chi connectivity index (χ3v) is 1.96. The van der Waals surface area contributed by atoms with E-state index < -0.39 is 6.09 Å². The van der Waals surface area contributed by atoms with Crippen molar-refractivity contribution in [3.05, 3.63) is 23.2 Å². The molecule has 6 heteroatoms. The molecule has 0 saturated carbocycles. The highest BCUT2D eigenvalue weighted by Crippen LogP contribution is 2.26. The van der Waals surface area contributed by atoms with Gasteiger partial charge in [0, 0.05) is 7.05 Å². The van der Waals surface area contributed by atoms with Gasteiger partial charge < -0.3 is 10.4 Å². The van der Waals surface area contributed by atoms with E-state index in [9.17, 15) is 4.79 Å². The number of anilines is 2. The van der Waals surface area contributed by atoms with E-state index in [1.807, 2.05) is 0 Å². The van der Waals surface area contributed by atoms with Crippen LogP contribution in [-0.2, 0) is 0 Å². The Morgan fingerprint density at radius 3 is 2.64 bits per heavy atom. The number of halogens is 1. The molecule has 1 aromatic rings. The monoisotopic (exact) mass is 216 g/mol. The molecule has 0 unspecified atom stereocenters. The highest BCUT2D eigenvalue weighted by atomic mass is 35.5. The van der Waals surface area contributed by atoms with Gasteiger partial charge in [-0.15, -0.1) is 0 Å². The quantitative estimate of drug-likeness (QED) is 0.524. The zero-order chi connectivity index (χ0) is 10.7. The van der Waals surface area contributed by atoms with Crippen molar-refractivity contribution in [3.63, 3.8) is 0 Å². The summed E-state index contributed by atoms with van der Waals surface area (Å²) >= 11 is 5.79. The number of carbonyl (C=O) groups is 1. The zero-order valence-electron chi connectivity index (χ0n) is 7.36. The molecule has 76 valence electrons. The molecule has 0 spiro atoms. The molecule has 1 rings (SSSR count). The van der Waals surface area contributed by atoms with Crippen molar-refractivity contribution < 1.29 is 15.1 Å². The van der Waals surface area contributed by atoms with E-state index in [0.29, 0.717) is 10.7 Å². The number of hydrogen-bond donors (Lipinski definition) is 3. The lowest BCUT2D eigenvalue weighted by molar-refractivity contribution is 0.160. The Balaban J connectivity index is 3.02. The Bertz CT molecular complexity index is 356. The van der Waals surface area contributed by atoms with Gasteiger partial charge in [0.15, 0.2) is 0 Å². The molecule has 0 heterocycles. The number of hydrogen-bond acceptors (Lipinski definition) is 3. The standard InChI is InChI=1S/C8H9ClN2O3/c1-10-7-3-2-5(4-6(7)9)11(14)8(12)13/h2-4,10,14H,1H3,(H,12,13). The molecule has 0 atom stereocenters. The number of amides is 1. The van der Waals surface area contributed by atoms with Gasteiger partial charge in [-0.3, -0.25) is 5.21 Å². The fourth-order valence-corrected chi connectivity index (χ4v) is 1.22. The van der Waals surface area contributed by atoms with E-state index in [-0.39, 0.29) is 10.8 Å². The molecular formula is C8H9ClN2O3. The summed E-state index contributed by atoms with van der Waals surface area (Å²) in [5, 5.41) is 20.8. The fraction of sp³-hybridized carbons (Fsp3) is 0.125. The summed E-state index contributed by atoms with van der Waals surface area (Å²) in [6.07, 6.45) is -1.46. The Labute approximate surface area is 85.5 Å². The van der Waals surface area contributed by atoms with Crippen LogP contribution in [0.3, 0.4) is 0 Å². The lowest BCUT2D eigenvalue weighted by Gasteiger charge is -2.12. The normalized spacial score (nSPS) is 9.64. The second-order valence-electron chi connectivity index (χ2n) is 2.51. The lowest BCUT2D eigenvalue weighted by Crippen LogP contribution is -2.24. The van der Waals surface area contributed by atoms with Gasteiger partial charge in [0.25, 0.3) is 0 Å². The molecule has 0 aliphatic heterocycles. The van der Waals surface area contributed by atoms with E-state index in [2.05, 4.69) is 5.32 Å². The van der Waals surface area contributed by atoms with Gasteiger partial charge in [-0.25, -0.2) is 4.79 Å². The van der Waals surface area contributed by atoms with Crippen molar-refractivity contribution in [3.8, 4) is 0 Å². The van der Waals surface area contributed by atoms with Crippen LogP contribution in [0.5, 0.6) is 0 Å². The van der Waals surface area contributed by atoms with Gasteiger partial charge in [-0.05, 0) is 18.2 Å². The van der Waals surface area contributed by atoms with Crippen LogP contribution in [0.1, 0.15) is 0 Å². The van der Waals surface area contributed by atoms with Crippen LogP contribution in [0.4, 0.5) is 16.2 Å². The van der Waals surface area contributed by atoms with Gasteiger partial charge in [0.05, 0.1) is 16.4 Å². The summed E-state index contributed by atoms with van der Waals surface area (Å²) in [4.78, 5) is 10.4. The SMILES string of the molecule is CNc1ccc(N(O)C(=O)O)cc1Cl. The van der Waals surface area contributed by atoms with Crippen LogP contribution in [-0.4, -0.2) is 23.5 Å². The van der Waals surface area contributed by atoms with Crippen LogP contribution < -0.4 is 10.4 Å². The Morgan fingerprint density at radius 2 is 2.21 bits per heavy atom. The molecule has 0 aliphatic carbocycles. The van der Waals surface area contributed by atoms with Crippen LogP contribution in [0.25, 0.3) is 0 Å².